The van der Waals surface area contributed by atoms with Crippen LogP contribution in [0.1, 0.15) is 25.5 Å². The van der Waals surface area contributed by atoms with E-state index in [1.807, 2.05) is 6.07 Å². The van der Waals surface area contributed by atoms with Crippen molar-refractivity contribution in [3.8, 4) is 11.5 Å². The molecule has 2 N–H and O–H groups in total. The maximum Gasteiger partial charge on any atom is 0.231 e. The Morgan fingerprint density at radius 1 is 1.09 bits per heavy atom. The second kappa shape index (κ2) is 8.79. The molecule has 2 aliphatic heterocycles. The molecule has 2 aliphatic rings. The highest BCUT2D eigenvalue weighted by Gasteiger charge is 2.25. The van der Waals surface area contributed by atoms with Crippen LogP contribution in [0, 0.1) is 0 Å². The molecule has 0 unspecified atom stereocenters. The van der Waals surface area contributed by atoms with Gasteiger partial charge in [-0.1, -0.05) is 6.07 Å². The van der Waals surface area contributed by atoms with Crippen LogP contribution >= 0.6 is 0 Å². The van der Waals surface area contributed by atoms with Gasteiger partial charge in [-0.05, 0) is 31.5 Å². The van der Waals surface area contributed by atoms with Crippen molar-refractivity contribution >= 4 is 22.9 Å². The molecule has 2 aromatic heterocycles. The lowest BCUT2D eigenvalue weighted by atomic mass is 10.1. The van der Waals surface area contributed by atoms with E-state index in [4.69, 9.17) is 14.5 Å². The van der Waals surface area contributed by atoms with Gasteiger partial charge in [-0.15, -0.1) is 0 Å². The van der Waals surface area contributed by atoms with Crippen molar-refractivity contribution in [2.24, 2.45) is 0 Å². The fourth-order valence-electron chi connectivity index (χ4n) is 4.30. The average molecular weight is 440 g/mol. The van der Waals surface area contributed by atoms with Gasteiger partial charge in [0.2, 0.25) is 12.7 Å². The summed E-state index contributed by atoms with van der Waals surface area (Å²) in [6, 6.07) is 6.38. The molecule has 0 atom stereocenters. The molecular formula is C22H29N7O3. The standard InChI is InChI=1S/C22H29N7O3/c1-15(2)29-21-19(20(23-5-10-30)24-13-25-21)26-22(29)28-8-6-27(7-9-28)12-16-3-4-17-18(11-16)32-14-31-17/h3-4,11,13,15,30H,5-10,12,14H2,1-2H3,(H,23,24,25). The number of imidazole rings is 1. The molecule has 0 aliphatic carbocycles. The Hall–Kier alpha value is -3.11. The van der Waals surface area contributed by atoms with Crippen molar-refractivity contribution in [1.29, 1.82) is 0 Å². The van der Waals surface area contributed by atoms with E-state index in [-0.39, 0.29) is 12.6 Å². The van der Waals surface area contributed by atoms with Crippen molar-refractivity contribution in [3.05, 3.63) is 30.1 Å². The van der Waals surface area contributed by atoms with Crippen molar-refractivity contribution < 1.29 is 14.6 Å². The third-order valence-electron chi connectivity index (χ3n) is 5.88. The van der Waals surface area contributed by atoms with Gasteiger partial charge in [-0.25, -0.2) is 15.0 Å². The lowest BCUT2D eigenvalue weighted by Gasteiger charge is -2.35. The fourth-order valence-corrected chi connectivity index (χ4v) is 4.30. The number of fused-ring (bicyclic) bond motifs is 2. The van der Waals surface area contributed by atoms with Crippen molar-refractivity contribution in [1.82, 2.24) is 24.4 Å². The highest BCUT2D eigenvalue weighted by Crippen LogP contribution is 2.33. The summed E-state index contributed by atoms with van der Waals surface area (Å²) in [5.74, 6) is 3.23. The van der Waals surface area contributed by atoms with E-state index in [2.05, 4.69) is 55.6 Å². The zero-order chi connectivity index (χ0) is 22.1. The minimum absolute atomic E-state index is 0.0363. The number of rotatable bonds is 7. The highest BCUT2D eigenvalue weighted by molar-refractivity contribution is 5.85. The minimum atomic E-state index is 0.0363. The van der Waals surface area contributed by atoms with Gasteiger partial charge in [0.1, 0.15) is 6.33 Å². The van der Waals surface area contributed by atoms with E-state index in [0.29, 0.717) is 19.2 Å². The summed E-state index contributed by atoms with van der Waals surface area (Å²) in [4.78, 5) is 18.6. The number of aromatic nitrogens is 4. The number of anilines is 2. The number of benzene rings is 1. The molecule has 32 heavy (non-hydrogen) atoms. The zero-order valence-electron chi connectivity index (χ0n) is 18.5. The van der Waals surface area contributed by atoms with E-state index in [0.717, 1.165) is 61.3 Å². The van der Waals surface area contributed by atoms with Crippen LogP contribution in [0.5, 0.6) is 11.5 Å². The second-order valence-electron chi connectivity index (χ2n) is 8.37. The SMILES string of the molecule is CC(C)n1c(N2CCN(Cc3ccc4c(c3)OCO4)CC2)nc2c(NCCO)ncnc21. The quantitative estimate of drug-likeness (QED) is 0.571. The summed E-state index contributed by atoms with van der Waals surface area (Å²) >= 11 is 0. The Labute approximate surface area is 186 Å². The number of aliphatic hydroxyl groups is 1. The second-order valence-corrected chi connectivity index (χ2v) is 8.37. The van der Waals surface area contributed by atoms with Gasteiger partial charge in [-0.2, -0.15) is 0 Å². The van der Waals surface area contributed by atoms with Gasteiger partial charge in [0.15, 0.2) is 28.5 Å². The molecule has 0 spiro atoms. The van der Waals surface area contributed by atoms with E-state index in [9.17, 15) is 5.11 Å². The van der Waals surface area contributed by atoms with Gasteiger partial charge < -0.3 is 24.8 Å². The van der Waals surface area contributed by atoms with Crippen LogP contribution < -0.4 is 19.7 Å². The molecule has 0 amide bonds. The van der Waals surface area contributed by atoms with Crippen molar-refractivity contribution in [2.45, 2.75) is 26.4 Å². The minimum Gasteiger partial charge on any atom is -0.454 e. The zero-order valence-corrected chi connectivity index (χ0v) is 18.5. The largest absolute Gasteiger partial charge is 0.454 e. The van der Waals surface area contributed by atoms with E-state index < -0.39 is 0 Å². The molecule has 1 fully saturated rings. The summed E-state index contributed by atoms with van der Waals surface area (Å²) in [5, 5.41) is 12.3. The van der Waals surface area contributed by atoms with Crippen LogP contribution in [-0.4, -0.2) is 75.6 Å². The summed E-state index contributed by atoms with van der Waals surface area (Å²) in [6.07, 6.45) is 1.55. The summed E-state index contributed by atoms with van der Waals surface area (Å²) in [6.45, 7) is 9.58. The Balaban J connectivity index is 1.32. The first-order chi connectivity index (χ1) is 15.6. The summed E-state index contributed by atoms with van der Waals surface area (Å²) in [5.41, 5.74) is 2.78. The molecule has 5 rings (SSSR count). The maximum absolute atomic E-state index is 9.17. The lowest BCUT2D eigenvalue weighted by Crippen LogP contribution is -2.47. The Morgan fingerprint density at radius 3 is 2.69 bits per heavy atom. The van der Waals surface area contributed by atoms with Gasteiger partial charge in [0, 0.05) is 45.3 Å². The number of piperazine rings is 1. The van der Waals surface area contributed by atoms with Gasteiger partial charge in [0.25, 0.3) is 0 Å². The summed E-state index contributed by atoms with van der Waals surface area (Å²) in [7, 11) is 0. The lowest BCUT2D eigenvalue weighted by molar-refractivity contribution is 0.174. The molecule has 3 aromatic rings. The molecule has 10 heteroatoms. The number of nitrogens with one attached hydrogen (secondary N) is 1. The predicted octanol–water partition coefficient (Wildman–Crippen LogP) is 1.86. The molecule has 4 heterocycles. The number of nitrogens with zero attached hydrogens (tertiary/aromatic N) is 6. The first-order valence-electron chi connectivity index (χ1n) is 11.1. The average Bonchev–Trinajstić information content (AvgIpc) is 3.42. The van der Waals surface area contributed by atoms with Crippen molar-refractivity contribution in [3.63, 3.8) is 0 Å². The monoisotopic (exact) mass is 439 g/mol. The molecular weight excluding hydrogens is 410 g/mol. The van der Waals surface area contributed by atoms with E-state index in [1.54, 1.807) is 6.33 Å². The van der Waals surface area contributed by atoms with Crippen LogP contribution in [0.25, 0.3) is 11.2 Å². The normalized spacial score (nSPS) is 16.3. The number of hydrogen-bond acceptors (Lipinski definition) is 9. The number of hydrogen-bond donors (Lipinski definition) is 2. The van der Waals surface area contributed by atoms with Gasteiger partial charge in [0.05, 0.1) is 6.61 Å². The third kappa shape index (κ3) is 3.91. The Morgan fingerprint density at radius 2 is 1.91 bits per heavy atom. The maximum atomic E-state index is 9.17. The third-order valence-corrected chi connectivity index (χ3v) is 5.88. The molecule has 0 radical (unpaired) electrons. The Kier molecular flexibility index (Phi) is 5.71. The molecule has 10 nitrogen and oxygen atoms in total. The van der Waals surface area contributed by atoms with E-state index >= 15 is 0 Å². The van der Waals surface area contributed by atoms with Crippen LogP contribution in [0.15, 0.2) is 24.5 Å². The van der Waals surface area contributed by atoms with Crippen LogP contribution in [-0.2, 0) is 6.54 Å². The van der Waals surface area contributed by atoms with Gasteiger partial charge >= 0.3 is 0 Å². The number of ether oxygens (including phenoxy) is 2. The van der Waals surface area contributed by atoms with Gasteiger partial charge in [-0.3, -0.25) is 9.47 Å². The molecule has 170 valence electrons. The van der Waals surface area contributed by atoms with Crippen LogP contribution in [0.3, 0.4) is 0 Å². The predicted molar refractivity (Wildman–Crippen MR) is 121 cm³/mol. The van der Waals surface area contributed by atoms with E-state index in [1.165, 1.54) is 5.56 Å². The Bertz CT molecular complexity index is 1090. The highest BCUT2D eigenvalue weighted by atomic mass is 16.7. The topological polar surface area (TPSA) is 101 Å². The molecule has 0 bridgehead atoms. The molecule has 1 saturated heterocycles. The smallest absolute Gasteiger partial charge is 0.231 e. The van der Waals surface area contributed by atoms with Crippen LogP contribution in [0.2, 0.25) is 0 Å². The molecule has 0 saturated carbocycles. The summed E-state index contributed by atoms with van der Waals surface area (Å²) < 4.78 is 13.1. The van der Waals surface area contributed by atoms with Crippen molar-refractivity contribution in [2.75, 3.05) is 56.3 Å². The molecule has 1 aromatic carbocycles. The van der Waals surface area contributed by atoms with Crippen LogP contribution in [0.4, 0.5) is 11.8 Å². The first kappa shape index (κ1) is 20.8. The fraction of sp³-hybridized carbons (Fsp3) is 0.500. The first-order valence-corrected chi connectivity index (χ1v) is 11.1. The number of aliphatic hydroxyl groups excluding tert-OH is 1.